The van der Waals surface area contributed by atoms with E-state index in [-0.39, 0.29) is 12.5 Å². The summed E-state index contributed by atoms with van der Waals surface area (Å²) >= 11 is 0. The Morgan fingerprint density at radius 3 is 2.47 bits per heavy atom. The van der Waals surface area contributed by atoms with Crippen molar-refractivity contribution >= 4 is 50.4 Å². The van der Waals surface area contributed by atoms with Crippen LogP contribution in [0.4, 0.5) is 0 Å². The van der Waals surface area contributed by atoms with Crippen molar-refractivity contribution in [2.75, 3.05) is 6.61 Å². The number of nitrogens with one attached hydrogen (secondary N) is 1. The number of hydrazine groups is 1. The molecule has 1 saturated heterocycles. The molecule has 0 spiro atoms. The molecule has 0 aromatic heterocycles. The van der Waals surface area contributed by atoms with E-state index in [1.54, 1.807) is 25.5 Å². The van der Waals surface area contributed by atoms with Crippen LogP contribution in [0.25, 0.3) is 32.3 Å². The number of ether oxygens (including phenoxy) is 1. The molecule has 1 amide bonds. The summed E-state index contributed by atoms with van der Waals surface area (Å²) in [5.41, 5.74) is 2.90. The molecule has 0 bridgehead atoms. The van der Waals surface area contributed by atoms with Crippen LogP contribution >= 0.6 is 0 Å². The molecule has 30 heavy (non-hydrogen) atoms. The number of hydrogen-bond acceptors (Lipinski definition) is 3. The van der Waals surface area contributed by atoms with E-state index >= 15 is 0 Å². The molecule has 1 heterocycles. The highest BCUT2D eigenvalue weighted by Gasteiger charge is 2.58. The van der Waals surface area contributed by atoms with Crippen molar-refractivity contribution in [1.82, 2.24) is 5.43 Å². The summed E-state index contributed by atoms with van der Waals surface area (Å²) in [6, 6.07) is 18.2. The van der Waals surface area contributed by atoms with E-state index in [0.717, 1.165) is 16.3 Å². The third kappa shape index (κ3) is 2.58. The number of hydrogen-bond donors (Lipinski definition) is 1. The van der Waals surface area contributed by atoms with E-state index in [9.17, 15) is 9.59 Å². The summed E-state index contributed by atoms with van der Waals surface area (Å²) in [5, 5.41) is 6.99. The number of amides is 1. The molecule has 5 nitrogen and oxygen atoms in total. The minimum absolute atomic E-state index is 0.200. The molecule has 4 aromatic rings. The van der Waals surface area contributed by atoms with Crippen molar-refractivity contribution in [2.24, 2.45) is 5.41 Å². The fraction of sp³-hybridized carbons (Fsp3) is 0.240. The van der Waals surface area contributed by atoms with Crippen molar-refractivity contribution in [2.45, 2.75) is 26.8 Å². The van der Waals surface area contributed by atoms with Crippen LogP contribution in [-0.4, -0.2) is 35.4 Å². The van der Waals surface area contributed by atoms with Crippen molar-refractivity contribution in [3.05, 3.63) is 60.2 Å². The minimum atomic E-state index is -0.901. The molecule has 0 radical (unpaired) electrons. The van der Waals surface area contributed by atoms with Crippen molar-refractivity contribution in [3.8, 4) is 0 Å². The van der Waals surface area contributed by atoms with Crippen LogP contribution in [0.1, 0.15) is 26.3 Å². The highest BCUT2D eigenvalue weighted by molar-refractivity contribution is 6.25. The third-order valence-corrected chi connectivity index (χ3v) is 6.11. The second-order valence-electron chi connectivity index (χ2n) is 8.37. The molecule has 150 valence electrons. The van der Waals surface area contributed by atoms with Gasteiger partial charge in [-0.05, 0) is 59.2 Å². The van der Waals surface area contributed by atoms with Crippen LogP contribution in [0.15, 0.2) is 54.6 Å². The van der Waals surface area contributed by atoms with E-state index < -0.39 is 17.4 Å². The Balaban J connectivity index is 1.77. The second-order valence-corrected chi connectivity index (χ2v) is 8.37. The first kappa shape index (κ1) is 18.6. The molecule has 5 rings (SSSR count). The molecular formula is C25H23N2O3+. The van der Waals surface area contributed by atoms with Crippen molar-refractivity contribution in [3.63, 3.8) is 0 Å². The monoisotopic (exact) mass is 399 g/mol. The van der Waals surface area contributed by atoms with Gasteiger partial charge in [-0.1, -0.05) is 53.2 Å². The zero-order valence-corrected chi connectivity index (χ0v) is 17.2. The molecule has 1 atom stereocenters. The molecule has 1 aliphatic heterocycles. The number of carbonyl (C=O) groups excluding carboxylic acids is 2. The first-order chi connectivity index (χ1) is 14.4. The summed E-state index contributed by atoms with van der Waals surface area (Å²) in [6.45, 7) is 5.57. The van der Waals surface area contributed by atoms with Crippen LogP contribution in [0.5, 0.6) is 0 Å². The Hall–Kier alpha value is -3.47. The number of esters is 1. The predicted octanol–water partition coefficient (Wildman–Crippen LogP) is 4.02. The Morgan fingerprint density at radius 2 is 1.73 bits per heavy atom. The quantitative estimate of drug-likeness (QED) is 0.322. The van der Waals surface area contributed by atoms with Crippen LogP contribution in [-0.2, 0) is 14.3 Å². The standard InChI is InChI=1S/C25H22N2O3/c1-4-30-23(28)22-25(2,3)24(29)26-27(22)14-18-13-17-9-5-7-15-11-12-16-8-6-10-19(18)21(16)20(15)17/h5-14,22H,4H2,1-3H3/p+1/b27-14-/t22-/m1/s1. The van der Waals surface area contributed by atoms with Gasteiger partial charge in [-0.2, -0.15) is 0 Å². The molecule has 1 aliphatic rings. The van der Waals surface area contributed by atoms with E-state index in [0.29, 0.717) is 0 Å². The van der Waals surface area contributed by atoms with Crippen molar-refractivity contribution in [1.29, 1.82) is 0 Å². The Labute approximate surface area is 174 Å². The van der Waals surface area contributed by atoms with Gasteiger partial charge in [0.2, 0.25) is 6.21 Å². The second kappa shape index (κ2) is 6.52. The normalized spacial score (nSPS) is 19.8. The molecule has 0 unspecified atom stereocenters. The van der Waals surface area contributed by atoms with Crippen LogP contribution in [0.2, 0.25) is 0 Å². The average Bonchev–Trinajstić information content (AvgIpc) is 2.95. The maximum absolute atomic E-state index is 12.7. The summed E-state index contributed by atoms with van der Waals surface area (Å²) in [6.07, 6.45) is 1.86. The van der Waals surface area contributed by atoms with E-state index in [1.807, 2.05) is 18.3 Å². The first-order valence-electron chi connectivity index (χ1n) is 10.2. The van der Waals surface area contributed by atoms with Gasteiger partial charge in [-0.25, -0.2) is 4.79 Å². The SMILES string of the molecule is CCOC(=O)[C@H]1/[N+](=C/c2cc3cccc4ccc5cccc2c5c43)NC(=O)C1(C)C. The van der Waals surface area contributed by atoms with Gasteiger partial charge >= 0.3 is 5.97 Å². The number of rotatable bonds is 3. The summed E-state index contributed by atoms with van der Waals surface area (Å²) < 4.78 is 6.89. The van der Waals surface area contributed by atoms with Crippen molar-refractivity contribution < 1.29 is 19.0 Å². The lowest BCUT2D eigenvalue weighted by atomic mass is 9.85. The zero-order valence-electron chi connectivity index (χ0n) is 17.2. The van der Waals surface area contributed by atoms with Crippen LogP contribution < -0.4 is 5.43 Å². The third-order valence-electron chi connectivity index (χ3n) is 6.11. The highest BCUT2D eigenvalue weighted by atomic mass is 16.5. The van der Waals surface area contributed by atoms with Gasteiger partial charge in [0.1, 0.15) is 5.41 Å². The lowest BCUT2D eigenvalue weighted by Crippen LogP contribution is -2.42. The number of carbonyl (C=O) groups is 2. The molecular weight excluding hydrogens is 376 g/mol. The van der Waals surface area contributed by atoms with Gasteiger partial charge < -0.3 is 4.74 Å². The van der Waals surface area contributed by atoms with Gasteiger partial charge in [0.25, 0.3) is 11.9 Å². The average molecular weight is 399 g/mol. The zero-order chi connectivity index (χ0) is 21.0. The van der Waals surface area contributed by atoms with Gasteiger partial charge in [-0.15, -0.1) is 5.43 Å². The minimum Gasteiger partial charge on any atom is -0.461 e. The topological polar surface area (TPSA) is 58.4 Å². The van der Waals surface area contributed by atoms with E-state index in [4.69, 9.17) is 4.74 Å². The largest absolute Gasteiger partial charge is 0.461 e. The maximum atomic E-state index is 12.7. The summed E-state index contributed by atoms with van der Waals surface area (Å²) in [4.78, 5) is 25.3. The lowest BCUT2D eigenvalue weighted by molar-refractivity contribution is -0.584. The molecule has 0 saturated carbocycles. The fourth-order valence-corrected chi connectivity index (χ4v) is 4.58. The van der Waals surface area contributed by atoms with E-state index in [2.05, 4.69) is 47.9 Å². The summed E-state index contributed by atoms with van der Waals surface area (Å²) in [7, 11) is 0. The van der Waals surface area contributed by atoms with Gasteiger partial charge in [-0.3, -0.25) is 4.79 Å². The lowest BCUT2D eigenvalue weighted by Gasteiger charge is -2.16. The van der Waals surface area contributed by atoms with Crippen LogP contribution in [0, 0.1) is 5.41 Å². The Kier molecular flexibility index (Phi) is 4.03. The Bertz CT molecular complexity index is 1350. The first-order valence-corrected chi connectivity index (χ1v) is 10.2. The molecule has 0 aliphatic carbocycles. The fourth-order valence-electron chi connectivity index (χ4n) is 4.58. The van der Waals surface area contributed by atoms with E-state index in [1.165, 1.54) is 21.5 Å². The molecule has 1 N–H and O–H groups in total. The molecule has 1 fully saturated rings. The highest BCUT2D eigenvalue weighted by Crippen LogP contribution is 2.36. The van der Waals surface area contributed by atoms with Gasteiger partial charge in [0, 0.05) is 5.56 Å². The number of hydrazone groups is 1. The van der Waals surface area contributed by atoms with Gasteiger partial charge in [0.05, 0.1) is 6.61 Å². The number of benzene rings is 4. The Morgan fingerprint density at radius 1 is 1.07 bits per heavy atom. The number of nitrogens with zero attached hydrogens (tertiary/aromatic N) is 1. The summed E-state index contributed by atoms with van der Waals surface area (Å²) in [5.74, 6) is -0.608. The van der Waals surface area contributed by atoms with Gasteiger partial charge in [0.15, 0.2) is 0 Å². The smallest absolute Gasteiger partial charge is 0.379 e. The molecule has 5 heteroatoms. The van der Waals surface area contributed by atoms with Crippen LogP contribution in [0.3, 0.4) is 0 Å². The predicted molar refractivity (Wildman–Crippen MR) is 118 cm³/mol. The maximum Gasteiger partial charge on any atom is 0.379 e. The molecule has 4 aromatic carbocycles.